The normalized spacial score (nSPS) is 10.0. The Labute approximate surface area is 132 Å². The minimum atomic E-state index is -0.427. The number of hydrogen-bond acceptors (Lipinski definition) is 5. The number of benzene rings is 1. The summed E-state index contributed by atoms with van der Waals surface area (Å²) in [5, 5.41) is 15.9. The molecule has 2 aromatic rings. The van der Waals surface area contributed by atoms with Crippen molar-refractivity contribution in [2.45, 2.75) is 13.8 Å². The standard InChI is InChI=1S/C15H16N4O4/c1-9-10(2)13(5-4-12(9)19(21)22)23-11-6-7-17-14(8-11)18-15(20)16-3/h4-8H,1-3H3,(H2,16,17,18,20). The molecule has 0 radical (unpaired) electrons. The van der Waals surface area contributed by atoms with E-state index in [0.29, 0.717) is 28.4 Å². The second-order valence-electron chi connectivity index (χ2n) is 4.77. The molecule has 2 N–H and O–H groups in total. The summed E-state index contributed by atoms with van der Waals surface area (Å²) in [6.07, 6.45) is 1.49. The van der Waals surface area contributed by atoms with Crippen LogP contribution in [0.3, 0.4) is 0 Å². The number of hydrogen-bond donors (Lipinski definition) is 2. The van der Waals surface area contributed by atoms with E-state index in [0.717, 1.165) is 0 Å². The molecule has 0 aliphatic heterocycles. The topological polar surface area (TPSA) is 106 Å². The number of carbonyl (C=O) groups is 1. The lowest BCUT2D eigenvalue weighted by molar-refractivity contribution is -0.385. The van der Waals surface area contributed by atoms with Crippen LogP contribution in [0.4, 0.5) is 16.3 Å². The molecule has 8 nitrogen and oxygen atoms in total. The van der Waals surface area contributed by atoms with Crippen LogP contribution < -0.4 is 15.4 Å². The van der Waals surface area contributed by atoms with E-state index in [4.69, 9.17) is 4.74 Å². The first-order chi connectivity index (χ1) is 10.9. The predicted octanol–water partition coefficient (Wildman–Crippen LogP) is 3.15. The molecule has 1 aromatic heterocycles. The SMILES string of the molecule is CNC(=O)Nc1cc(Oc2ccc([N+](=O)[O-])c(C)c2C)ccn1. The summed E-state index contributed by atoms with van der Waals surface area (Å²) in [5.41, 5.74) is 1.27. The molecule has 8 heteroatoms. The lowest BCUT2D eigenvalue weighted by atomic mass is 10.1. The highest BCUT2D eigenvalue weighted by Gasteiger charge is 2.16. The maximum absolute atomic E-state index is 11.3. The number of amides is 2. The van der Waals surface area contributed by atoms with Gasteiger partial charge in [-0.15, -0.1) is 0 Å². The second kappa shape index (κ2) is 6.73. The highest BCUT2D eigenvalue weighted by Crippen LogP contribution is 2.32. The molecule has 1 heterocycles. The van der Waals surface area contributed by atoms with Crippen LogP contribution in [0.1, 0.15) is 11.1 Å². The number of nitrogens with zero attached hydrogens (tertiary/aromatic N) is 2. The van der Waals surface area contributed by atoms with E-state index < -0.39 is 11.0 Å². The van der Waals surface area contributed by atoms with Gasteiger partial charge in [-0.25, -0.2) is 9.78 Å². The maximum Gasteiger partial charge on any atom is 0.320 e. The Balaban J connectivity index is 2.26. The van der Waals surface area contributed by atoms with Crippen molar-refractivity contribution in [2.24, 2.45) is 0 Å². The third-order valence-corrected chi connectivity index (χ3v) is 3.33. The van der Waals surface area contributed by atoms with E-state index in [9.17, 15) is 14.9 Å². The van der Waals surface area contributed by atoms with E-state index in [1.54, 1.807) is 32.0 Å². The number of nitro benzene ring substituents is 1. The Morgan fingerprint density at radius 1 is 1.26 bits per heavy atom. The van der Waals surface area contributed by atoms with Crippen molar-refractivity contribution in [3.63, 3.8) is 0 Å². The zero-order valence-electron chi connectivity index (χ0n) is 12.9. The van der Waals surface area contributed by atoms with Crippen LogP contribution in [0.15, 0.2) is 30.5 Å². The van der Waals surface area contributed by atoms with Crippen molar-refractivity contribution in [3.8, 4) is 11.5 Å². The monoisotopic (exact) mass is 316 g/mol. The summed E-state index contributed by atoms with van der Waals surface area (Å²) < 4.78 is 5.75. The van der Waals surface area contributed by atoms with Crippen LogP contribution in [0.5, 0.6) is 11.5 Å². The van der Waals surface area contributed by atoms with Crippen LogP contribution in [0.25, 0.3) is 0 Å². The highest BCUT2D eigenvalue weighted by molar-refractivity contribution is 5.88. The lowest BCUT2D eigenvalue weighted by Crippen LogP contribution is -2.24. The van der Waals surface area contributed by atoms with E-state index in [2.05, 4.69) is 15.6 Å². The van der Waals surface area contributed by atoms with Gasteiger partial charge in [-0.1, -0.05) is 0 Å². The van der Waals surface area contributed by atoms with Gasteiger partial charge < -0.3 is 10.1 Å². The van der Waals surface area contributed by atoms with Crippen LogP contribution in [0.2, 0.25) is 0 Å². The van der Waals surface area contributed by atoms with Gasteiger partial charge in [0.05, 0.1) is 4.92 Å². The van der Waals surface area contributed by atoms with Crippen LogP contribution >= 0.6 is 0 Å². The number of aromatic nitrogens is 1. The minimum Gasteiger partial charge on any atom is -0.457 e. The molecule has 0 saturated carbocycles. The van der Waals surface area contributed by atoms with Crippen LogP contribution in [-0.2, 0) is 0 Å². The van der Waals surface area contributed by atoms with Gasteiger partial charge in [0.25, 0.3) is 5.69 Å². The predicted molar refractivity (Wildman–Crippen MR) is 85.0 cm³/mol. The summed E-state index contributed by atoms with van der Waals surface area (Å²) in [5.74, 6) is 1.30. The number of rotatable bonds is 4. The van der Waals surface area contributed by atoms with Crippen molar-refractivity contribution in [1.29, 1.82) is 0 Å². The number of pyridine rings is 1. The molecule has 0 saturated heterocycles. The molecule has 23 heavy (non-hydrogen) atoms. The number of nitrogens with one attached hydrogen (secondary N) is 2. The Morgan fingerprint density at radius 3 is 2.65 bits per heavy atom. The lowest BCUT2D eigenvalue weighted by Gasteiger charge is -2.11. The Kier molecular flexibility index (Phi) is 4.75. The molecular weight excluding hydrogens is 300 g/mol. The van der Waals surface area contributed by atoms with Gasteiger partial charge >= 0.3 is 6.03 Å². The summed E-state index contributed by atoms with van der Waals surface area (Å²) in [6.45, 7) is 3.42. The Hall–Kier alpha value is -3.16. The number of anilines is 1. The van der Waals surface area contributed by atoms with Crippen molar-refractivity contribution in [3.05, 3.63) is 51.7 Å². The van der Waals surface area contributed by atoms with Gasteiger partial charge in [0.15, 0.2) is 0 Å². The Bertz CT molecular complexity index is 761. The first kappa shape index (κ1) is 16.2. The van der Waals surface area contributed by atoms with Gasteiger partial charge in [-0.05, 0) is 26.0 Å². The first-order valence-electron chi connectivity index (χ1n) is 6.79. The van der Waals surface area contributed by atoms with Crippen molar-refractivity contribution in [1.82, 2.24) is 10.3 Å². The summed E-state index contributed by atoms with van der Waals surface area (Å²) in [7, 11) is 1.50. The van der Waals surface area contributed by atoms with E-state index in [-0.39, 0.29) is 5.69 Å². The van der Waals surface area contributed by atoms with E-state index >= 15 is 0 Å². The van der Waals surface area contributed by atoms with Gasteiger partial charge in [-0.3, -0.25) is 15.4 Å². The number of nitro groups is 1. The van der Waals surface area contributed by atoms with Crippen molar-refractivity contribution < 1.29 is 14.5 Å². The molecule has 0 atom stereocenters. The number of urea groups is 1. The average molecular weight is 316 g/mol. The maximum atomic E-state index is 11.3. The molecule has 0 aliphatic rings. The van der Waals surface area contributed by atoms with Gasteiger partial charge in [0.1, 0.15) is 17.3 Å². The minimum absolute atomic E-state index is 0.0477. The summed E-state index contributed by atoms with van der Waals surface area (Å²) in [4.78, 5) is 25.8. The molecule has 0 spiro atoms. The zero-order chi connectivity index (χ0) is 17.0. The molecule has 0 fully saturated rings. The fourth-order valence-corrected chi connectivity index (χ4v) is 1.94. The quantitative estimate of drug-likeness (QED) is 0.665. The van der Waals surface area contributed by atoms with Crippen LogP contribution in [-0.4, -0.2) is 23.0 Å². The van der Waals surface area contributed by atoms with Gasteiger partial charge in [0, 0.05) is 36.5 Å². The number of carbonyl (C=O) groups excluding carboxylic acids is 1. The first-order valence-corrected chi connectivity index (χ1v) is 6.79. The third-order valence-electron chi connectivity index (χ3n) is 3.33. The Morgan fingerprint density at radius 2 is 2.00 bits per heavy atom. The molecule has 0 bridgehead atoms. The van der Waals surface area contributed by atoms with Crippen LogP contribution in [0, 0.1) is 24.0 Å². The molecule has 1 aromatic carbocycles. The molecule has 0 unspecified atom stereocenters. The highest BCUT2D eigenvalue weighted by atomic mass is 16.6. The smallest absolute Gasteiger partial charge is 0.320 e. The van der Waals surface area contributed by atoms with E-state index in [1.807, 2.05) is 0 Å². The fraction of sp³-hybridized carbons (Fsp3) is 0.200. The molecular formula is C15H16N4O4. The third kappa shape index (κ3) is 3.73. The summed E-state index contributed by atoms with van der Waals surface area (Å²) in [6, 6.07) is 5.75. The van der Waals surface area contributed by atoms with Gasteiger partial charge in [0.2, 0.25) is 0 Å². The zero-order valence-corrected chi connectivity index (χ0v) is 12.9. The largest absolute Gasteiger partial charge is 0.457 e. The molecule has 2 amide bonds. The van der Waals surface area contributed by atoms with Crippen molar-refractivity contribution in [2.75, 3.05) is 12.4 Å². The summed E-state index contributed by atoms with van der Waals surface area (Å²) >= 11 is 0. The molecule has 0 aliphatic carbocycles. The second-order valence-corrected chi connectivity index (χ2v) is 4.77. The number of ether oxygens (including phenoxy) is 1. The van der Waals surface area contributed by atoms with Gasteiger partial charge in [-0.2, -0.15) is 0 Å². The van der Waals surface area contributed by atoms with E-state index in [1.165, 1.54) is 19.3 Å². The molecule has 120 valence electrons. The average Bonchev–Trinajstić information content (AvgIpc) is 2.52. The van der Waals surface area contributed by atoms with Crippen molar-refractivity contribution >= 4 is 17.5 Å². The fourth-order valence-electron chi connectivity index (χ4n) is 1.94. The molecule has 2 rings (SSSR count).